The molecule has 1 rings (SSSR count). The Hall–Kier alpha value is -0.380. The van der Waals surface area contributed by atoms with E-state index in [1.807, 2.05) is 11.8 Å². The van der Waals surface area contributed by atoms with Crippen molar-refractivity contribution in [2.75, 3.05) is 31.6 Å². The lowest BCUT2D eigenvalue weighted by Gasteiger charge is -2.31. The second-order valence-corrected chi connectivity index (χ2v) is 5.24. The lowest BCUT2D eigenvalue weighted by Crippen LogP contribution is -2.42. The van der Waals surface area contributed by atoms with Gasteiger partial charge in [-0.3, -0.25) is 4.99 Å². The van der Waals surface area contributed by atoms with Gasteiger partial charge in [0.05, 0.1) is 0 Å². The van der Waals surface area contributed by atoms with E-state index >= 15 is 0 Å². The SMILES string of the molecule is CSCCCN=C(N)N1CCC(C)CC1. The van der Waals surface area contributed by atoms with Crippen LogP contribution in [0.3, 0.4) is 0 Å². The Kier molecular flexibility index (Phi) is 5.91. The smallest absolute Gasteiger partial charge is 0.191 e. The molecule has 1 aliphatic heterocycles. The van der Waals surface area contributed by atoms with E-state index in [0.29, 0.717) is 0 Å². The first-order chi connectivity index (χ1) is 7.24. The highest BCUT2D eigenvalue weighted by atomic mass is 32.2. The van der Waals surface area contributed by atoms with Gasteiger partial charge in [-0.1, -0.05) is 6.92 Å². The summed E-state index contributed by atoms with van der Waals surface area (Å²) < 4.78 is 0. The molecule has 0 atom stereocenters. The minimum Gasteiger partial charge on any atom is -0.370 e. The van der Waals surface area contributed by atoms with Crippen molar-refractivity contribution in [3.05, 3.63) is 0 Å². The summed E-state index contributed by atoms with van der Waals surface area (Å²) in [6, 6.07) is 0. The lowest BCUT2D eigenvalue weighted by atomic mass is 10.00. The first-order valence-electron chi connectivity index (χ1n) is 5.78. The third-order valence-corrected chi connectivity index (χ3v) is 3.58. The standard InChI is InChI=1S/C11H23N3S/c1-10-4-7-14(8-5-10)11(12)13-6-3-9-15-2/h10H,3-9H2,1-2H3,(H2,12,13). The number of rotatable bonds is 4. The van der Waals surface area contributed by atoms with Crippen molar-refractivity contribution in [1.29, 1.82) is 0 Å². The Bertz CT molecular complexity index is 198. The molecule has 3 nitrogen and oxygen atoms in total. The minimum absolute atomic E-state index is 0.753. The molecule has 4 heteroatoms. The predicted octanol–water partition coefficient (Wildman–Crippen LogP) is 1.79. The summed E-state index contributed by atoms with van der Waals surface area (Å²) in [5.74, 6) is 2.78. The molecule has 0 aromatic carbocycles. The van der Waals surface area contributed by atoms with E-state index in [2.05, 4.69) is 23.1 Å². The molecule has 1 aliphatic rings. The summed E-state index contributed by atoms with van der Waals surface area (Å²) in [6.45, 7) is 5.35. The van der Waals surface area contributed by atoms with Crippen molar-refractivity contribution in [3.8, 4) is 0 Å². The Morgan fingerprint density at radius 3 is 2.73 bits per heavy atom. The molecule has 88 valence electrons. The predicted molar refractivity (Wildman–Crippen MR) is 69.5 cm³/mol. The molecule has 1 saturated heterocycles. The number of likely N-dealkylation sites (tertiary alicyclic amines) is 1. The Balaban J connectivity index is 2.23. The molecular weight excluding hydrogens is 206 g/mol. The van der Waals surface area contributed by atoms with Gasteiger partial charge in [-0.2, -0.15) is 11.8 Å². The molecule has 1 heterocycles. The van der Waals surface area contributed by atoms with Gasteiger partial charge in [-0.15, -0.1) is 0 Å². The molecule has 0 aromatic rings. The monoisotopic (exact) mass is 229 g/mol. The van der Waals surface area contributed by atoms with Crippen LogP contribution >= 0.6 is 11.8 Å². The third-order valence-electron chi connectivity index (χ3n) is 2.89. The number of hydrogen-bond donors (Lipinski definition) is 1. The molecule has 15 heavy (non-hydrogen) atoms. The van der Waals surface area contributed by atoms with Crippen LogP contribution in [-0.2, 0) is 0 Å². The zero-order valence-electron chi connectivity index (χ0n) is 9.91. The second kappa shape index (κ2) is 6.99. The molecular formula is C11H23N3S. The third kappa shape index (κ3) is 4.78. The van der Waals surface area contributed by atoms with Crippen molar-refractivity contribution in [2.24, 2.45) is 16.6 Å². The van der Waals surface area contributed by atoms with E-state index in [1.165, 1.54) is 18.6 Å². The molecule has 1 fully saturated rings. The van der Waals surface area contributed by atoms with Crippen molar-refractivity contribution in [3.63, 3.8) is 0 Å². The van der Waals surface area contributed by atoms with E-state index in [4.69, 9.17) is 5.73 Å². The van der Waals surface area contributed by atoms with Crippen LogP contribution in [0.1, 0.15) is 26.2 Å². The number of nitrogens with zero attached hydrogens (tertiary/aromatic N) is 2. The van der Waals surface area contributed by atoms with Gasteiger partial charge in [0.2, 0.25) is 0 Å². The normalized spacial score (nSPS) is 19.6. The van der Waals surface area contributed by atoms with Crippen molar-refractivity contribution in [2.45, 2.75) is 26.2 Å². The topological polar surface area (TPSA) is 41.6 Å². The molecule has 0 aliphatic carbocycles. The number of piperidine rings is 1. The quantitative estimate of drug-likeness (QED) is 0.454. The Morgan fingerprint density at radius 1 is 1.47 bits per heavy atom. The number of hydrogen-bond acceptors (Lipinski definition) is 2. The van der Waals surface area contributed by atoms with Crippen LogP contribution in [0.25, 0.3) is 0 Å². The van der Waals surface area contributed by atoms with Gasteiger partial charge in [0, 0.05) is 19.6 Å². The van der Waals surface area contributed by atoms with Gasteiger partial charge in [0.15, 0.2) is 5.96 Å². The van der Waals surface area contributed by atoms with Crippen LogP contribution in [0.2, 0.25) is 0 Å². The summed E-state index contributed by atoms with van der Waals surface area (Å²) in [6.07, 6.45) is 5.76. The molecule has 0 amide bonds. The maximum atomic E-state index is 5.95. The number of aliphatic imine (C=N–C) groups is 1. The summed E-state index contributed by atoms with van der Waals surface area (Å²) in [7, 11) is 0. The fourth-order valence-corrected chi connectivity index (χ4v) is 2.16. The van der Waals surface area contributed by atoms with Crippen molar-refractivity contribution in [1.82, 2.24) is 4.90 Å². The number of thioether (sulfide) groups is 1. The van der Waals surface area contributed by atoms with Crippen LogP contribution < -0.4 is 5.73 Å². The molecule has 0 unspecified atom stereocenters. The maximum absolute atomic E-state index is 5.95. The van der Waals surface area contributed by atoms with Gasteiger partial charge >= 0.3 is 0 Å². The Labute approximate surface area is 97.5 Å². The van der Waals surface area contributed by atoms with Crippen LogP contribution in [0.15, 0.2) is 4.99 Å². The average molecular weight is 229 g/mol. The van der Waals surface area contributed by atoms with Gasteiger partial charge < -0.3 is 10.6 Å². The first-order valence-corrected chi connectivity index (χ1v) is 7.17. The van der Waals surface area contributed by atoms with Crippen LogP contribution in [0, 0.1) is 5.92 Å². The highest BCUT2D eigenvalue weighted by molar-refractivity contribution is 7.98. The molecule has 0 saturated carbocycles. The van der Waals surface area contributed by atoms with Gasteiger partial charge in [-0.05, 0) is 37.2 Å². The van der Waals surface area contributed by atoms with Crippen LogP contribution in [0.5, 0.6) is 0 Å². The number of guanidine groups is 1. The highest BCUT2D eigenvalue weighted by Gasteiger charge is 2.16. The minimum atomic E-state index is 0.753. The maximum Gasteiger partial charge on any atom is 0.191 e. The van der Waals surface area contributed by atoms with E-state index in [9.17, 15) is 0 Å². The Morgan fingerprint density at radius 2 is 2.13 bits per heavy atom. The van der Waals surface area contributed by atoms with Crippen LogP contribution in [0.4, 0.5) is 0 Å². The van der Waals surface area contributed by atoms with Crippen molar-refractivity contribution >= 4 is 17.7 Å². The van der Waals surface area contributed by atoms with E-state index in [-0.39, 0.29) is 0 Å². The summed E-state index contributed by atoms with van der Waals surface area (Å²) in [5, 5.41) is 0. The zero-order valence-corrected chi connectivity index (χ0v) is 10.7. The summed E-state index contributed by atoms with van der Waals surface area (Å²) in [4.78, 5) is 6.64. The average Bonchev–Trinajstić information content (AvgIpc) is 2.25. The molecule has 2 N–H and O–H groups in total. The lowest BCUT2D eigenvalue weighted by molar-refractivity contribution is 0.277. The summed E-state index contributed by atoms with van der Waals surface area (Å²) >= 11 is 1.87. The molecule has 0 aromatic heterocycles. The highest BCUT2D eigenvalue weighted by Crippen LogP contribution is 2.15. The largest absolute Gasteiger partial charge is 0.370 e. The fourth-order valence-electron chi connectivity index (χ4n) is 1.74. The first kappa shape index (κ1) is 12.7. The fraction of sp³-hybridized carbons (Fsp3) is 0.909. The van der Waals surface area contributed by atoms with Crippen molar-refractivity contribution < 1.29 is 0 Å². The molecule has 0 spiro atoms. The van der Waals surface area contributed by atoms with Gasteiger partial charge in [0.25, 0.3) is 0 Å². The van der Waals surface area contributed by atoms with Gasteiger partial charge in [-0.25, -0.2) is 0 Å². The van der Waals surface area contributed by atoms with E-state index in [0.717, 1.165) is 37.9 Å². The zero-order chi connectivity index (χ0) is 11.1. The molecule has 0 radical (unpaired) electrons. The second-order valence-electron chi connectivity index (χ2n) is 4.26. The summed E-state index contributed by atoms with van der Waals surface area (Å²) in [5.41, 5.74) is 5.95. The van der Waals surface area contributed by atoms with E-state index in [1.54, 1.807) is 0 Å². The van der Waals surface area contributed by atoms with Gasteiger partial charge in [0.1, 0.15) is 0 Å². The molecule has 0 bridgehead atoms. The van der Waals surface area contributed by atoms with E-state index < -0.39 is 0 Å². The van der Waals surface area contributed by atoms with Crippen LogP contribution in [-0.4, -0.2) is 42.5 Å². The number of nitrogens with two attached hydrogens (primary N) is 1.